The van der Waals surface area contributed by atoms with Gasteiger partial charge in [0, 0.05) is 18.0 Å². The summed E-state index contributed by atoms with van der Waals surface area (Å²) in [6.45, 7) is 1.80. The molecular weight excluding hydrogens is 380 g/mol. The number of hydrogen-bond donors (Lipinski definition) is 1. The molecule has 0 aliphatic heterocycles. The highest BCUT2D eigenvalue weighted by molar-refractivity contribution is 6.04. The summed E-state index contributed by atoms with van der Waals surface area (Å²) >= 11 is 0. The Morgan fingerprint density at radius 3 is 2.54 bits per heavy atom. The molecule has 28 heavy (non-hydrogen) atoms. The van der Waals surface area contributed by atoms with E-state index in [0.29, 0.717) is 11.4 Å². The number of pyridine rings is 1. The van der Waals surface area contributed by atoms with E-state index in [4.69, 9.17) is 4.74 Å². The predicted molar refractivity (Wildman–Crippen MR) is 91.9 cm³/mol. The molecule has 0 aliphatic rings. The quantitative estimate of drug-likeness (QED) is 0.523. The second kappa shape index (κ2) is 7.67. The van der Waals surface area contributed by atoms with Crippen molar-refractivity contribution >= 4 is 11.6 Å². The second-order valence-corrected chi connectivity index (χ2v) is 5.55. The van der Waals surface area contributed by atoms with E-state index in [1.807, 2.05) is 0 Å². The summed E-state index contributed by atoms with van der Waals surface area (Å²) in [5.41, 5.74) is -0.699. The van der Waals surface area contributed by atoms with Crippen LogP contribution in [-0.2, 0) is 6.18 Å². The van der Waals surface area contributed by atoms with Gasteiger partial charge in [-0.05, 0) is 43.3 Å². The first-order valence-corrected chi connectivity index (χ1v) is 8.12. The van der Waals surface area contributed by atoms with Crippen LogP contribution in [0.4, 0.5) is 23.2 Å². The molecule has 1 N–H and O–H groups in total. The fourth-order valence-corrected chi connectivity index (χ4v) is 2.38. The maximum atomic E-state index is 13.6. The number of carbonyl (C=O) groups excluding carboxylic acids is 1. The summed E-state index contributed by atoms with van der Waals surface area (Å²) in [7, 11) is 0. The molecule has 2 aromatic heterocycles. The Labute approximate surface area is 156 Å². The summed E-state index contributed by atoms with van der Waals surface area (Å²) in [4.78, 5) is 15.5. The summed E-state index contributed by atoms with van der Waals surface area (Å²) in [6, 6.07) is 9.31. The maximum absolute atomic E-state index is 13.6. The molecule has 10 heteroatoms. The highest BCUT2D eigenvalue weighted by atomic mass is 19.4. The summed E-state index contributed by atoms with van der Waals surface area (Å²) in [5.74, 6) is -1.68. The SMILES string of the molecule is CCOc1cc(C(F)(F)F)nn1-c1ccc(NC(=O)c2cccnc2F)cc1. The molecule has 0 fully saturated rings. The molecule has 0 atom stereocenters. The first kappa shape index (κ1) is 19.3. The number of benzene rings is 1. The van der Waals surface area contributed by atoms with Gasteiger partial charge in [0.15, 0.2) is 5.69 Å². The third kappa shape index (κ3) is 4.11. The number of anilines is 1. The largest absolute Gasteiger partial charge is 0.478 e. The predicted octanol–water partition coefficient (Wildman–Crippen LogP) is 4.08. The van der Waals surface area contributed by atoms with E-state index in [1.165, 1.54) is 42.6 Å². The number of alkyl halides is 3. The standard InChI is InChI=1S/C18H14F4N4O2/c1-2-28-15-10-14(18(20,21)22)25-26(15)12-7-5-11(6-8-12)24-17(27)13-4-3-9-23-16(13)19/h3-10H,2H2,1H3,(H,24,27). The number of halogens is 4. The van der Waals surface area contributed by atoms with Crippen LogP contribution in [0.3, 0.4) is 0 Å². The molecule has 0 bridgehead atoms. The lowest BCUT2D eigenvalue weighted by molar-refractivity contribution is -0.141. The van der Waals surface area contributed by atoms with Crippen molar-refractivity contribution in [3.63, 3.8) is 0 Å². The van der Waals surface area contributed by atoms with Gasteiger partial charge in [-0.1, -0.05) is 0 Å². The van der Waals surface area contributed by atoms with E-state index in [1.54, 1.807) is 6.92 Å². The molecule has 146 valence electrons. The highest BCUT2D eigenvalue weighted by Gasteiger charge is 2.35. The van der Waals surface area contributed by atoms with Crippen molar-refractivity contribution < 1.29 is 27.1 Å². The minimum absolute atomic E-state index is 0.0657. The average molecular weight is 394 g/mol. The molecule has 1 aromatic carbocycles. The van der Waals surface area contributed by atoms with Crippen LogP contribution in [-0.4, -0.2) is 27.3 Å². The molecular formula is C18H14F4N4O2. The van der Waals surface area contributed by atoms with Crippen LogP contribution in [0.25, 0.3) is 5.69 Å². The fourth-order valence-electron chi connectivity index (χ4n) is 2.38. The van der Waals surface area contributed by atoms with Gasteiger partial charge in [0.1, 0.15) is 0 Å². The fraction of sp³-hybridized carbons (Fsp3) is 0.167. The van der Waals surface area contributed by atoms with Crippen molar-refractivity contribution in [1.82, 2.24) is 14.8 Å². The van der Waals surface area contributed by atoms with Gasteiger partial charge in [0.05, 0.1) is 17.9 Å². The zero-order valence-corrected chi connectivity index (χ0v) is 14.5. The Bertz CT molecular complexity index is 984. The molecule has 1 amide bonds. The number of ether oxygens (including phenoxy) is 1. The monoisotopic (exact) mass is 394 g/mol. The van der Waals surface area contributed by atoms with Crippen molar-refractivity contribution in [1.29, 1.82) is 0 Å². The third-order valence-electron chi connectivity index (χ3n) is 3.63. The lowest BCUT2D eigenvalue weighted by Crippen LogP contribution is -2.14. The highest BCUT2D eigenvalue weighted by Crippen LogP contribution is 2.32. The Balaban J connectivity index is 1.84. The number of rotatable bonds is 5. The van der Waals surface area contributed by atoms with E-state index >= 15 is 0 Å². The first-order chi connectivity index (χ1) is 13.3. The molecule has 0 saturated carbocycles. The van der Waals surface area contributed by atoms with Crippen molar-refractivity contribution in [2.24, 2.45) is 0 Å². The van der Waals surface area contributed by atoms with Gasteiger partial charge in [-0.15, -0.1) is 0 Å². The van der Waals surface area contributed by atoms with Crippen LogP contribution < -0.4 is 10.1 Å². The van der Waals surface area contributed by atoms with Crippen LogP contribution in [0.1, 0.15) is 23.0 Å². The molecule has 0 unspecified atom stereocenters. The Hall–Kier alpha value is -3.43. The average Bonchev–Trinajstić information content (AvgIpc) is 3.07. The van der Waals surface area contributed by atoms with Gasteiger partial charge < -0.3 is 10.1 Å². The summed E-state index contributed by atoms with van der Waals surface area (Å²) < 4.78 is 58.6. The smallest absolute Gasteiger partial charge is 0.435 e. The van der Waals surface area contributed by atoms with Crippen LogP contribution in [0.2, 0.25) is 0 Å². The van der Waals surface area contributed by atoms with Crippen molar-refractivity contribution in [2.75, 3.05) is 11.9 Å². The number of nitrogens with zero attached hydrogens (tertiary/aromatic N) is 3. The van der Waals surface area contributed by atoms with Crippen LogP contribution in [0.5, 0.6) is 5.88 Å². The molecule has 0 spiro atoms. The topological polar surface area (TPSA) is 69.0 Å². The van der Waals surface area contributed by atoms with Crippen molar-refractivity contribution in [2.45, 2.75) is 13.1 Å². The van der Waals surface area contributed by atoms with Gasteiger partial charge in [-0.2, -0.15) is 22.7 Å². The molecule has 2 heterocycles. The number of carbonyl (C=O) groups is 1. The Morgan fingerprint density at radius 1 is 1.21 bits per heavy atom. The molecule has 6 nitrogen and oxygen atoms in total. The zero-order valence-electron chi connectivity index (χ0n) is 14.5. The van der Waals surface area contributed by atoms with Gasteiger partial charge >= 0.3 is 6.18 Å². The Morgan fingerprint density at radius 2 is 1.93 bits per heavy atom. The van der Waals surface area contributed by atoms with E-state index < -0.39 is 23.7 Å². The van der Waals surface area contributed by atoms with Gasteiger partial charge in [-0.25, -0.2) is 9.67 Å². The molecule has 0 radical (unpaired) electrons. The molecule has 0 aliphatic carbocycles. The normalized spacial score (nSPS) is 11.3. The Kier molecular flexibility index (Phi) is 5.30. The lowest BCUT2D eigenvalue weighted by atomic mass is 10.2. The minimum Gasteiger partial charge on any atom is -0.478 e. The van der Waals surface area contributed by atoms with Crippen molar-refractivity contribution in [3.05, 3.63) is 65.9 Å². The molecule has 0 saturated heterocycles. The second-order valence-electron chi connectivity index (χ2n) is 5.55. The van der Waals surface area contributed by atoms with E-state index in [2.05, 4.69) is 15.4 Å². The third-order valence-corrected chi connectivity index (χ3v) is 3.63. The lowest BCUT2D eigenvalue weighted by Gasteiger charge is -2.09. The number of hydrogen-bond acceptors (Lipinski definition) is 4. The van der Waals surface area contributed by atoms with Crippen molar-refractivity contribution in [3.8, 4) is 11.6 Å². The number of aromatic nitrogens is 3. The van der Waals surface area contributed by atoms with Gasteiger partial charge in [-0.3, -0.25) is 4.79 Å². The number of nitrogens with one attached hydrogen (secondary N) is 1. The van der Waals surface area contributed by atoms with Gasteiger partial charge in [0.2, 0.25) is 11.8 Å². The first-order valence-electron chi connectivity index (χ1n) is 8.12. The summed E-state index contributed by atoms with van der Waals surface area (Å²) in [6.07, 6.45) is -3.39. The van der Waals surface area contributed by atoms with Gasteiger partial charge in [0.25, 0.3) is 5.91 Å². The van der Waals surface area contributed by atoms with E-state index in [0.717, 1.165) is 10.7 Å². The molecule has 3 aromatic rings. The molecule has 3 rings (SSSR count). The number of amides is 1. The van der Waals surface area contributed by atoms with Crippen LogP contribution >= 0.6 is 0 Å². The van der Waals surface area contributed by atoms with E-state index in [-0.39, 0.29) is 18.1 Å². The summed E-state index contributed by atoms with van der Waals surface area (Å²) in [5, 5.41) is 6.03. The maximum Gasteiger partial charge on any atom is 0.435 e. The van der Waals surface area contributed by atoms with E-state index in [9.17, 15) is 22.4 Å². The zero-order chi connectivity index (χ0) is 20.3. The van der Waals surface area contributed by atoms with Crippen LogP contribution in [0.15, 0.2) is 48.7 Å². The van der Waals surface area contributed by atoms with Crippen LogP contribution in [0, 0.1) is 5.95 Å². The minimum atomic E-state index is -4.61.